The van der Waals surface area contributed by atoms with Crippen LogP contribution in [0.25, 0.3) is 0 Å². The number of alkyl halides is 2. The summed E-state index contributed by atoms with van der Waals surface area (Å²) >= 11 is 0. The molecule has 1 heterocycles. The van der Waals surface area contributed by atoms with E-state index in [1.165, 1.54) is 31.6 Å². The normalized spacial score (nSPS) is 10.7. The number of rotatable bonds is 7. The first-order chi connectivity index (χ1) is 11.0. The Kier molecular flexibility index (Phi) is 5.61. The summed E-state index contributed by atoms with van der Waals surface area (Å²) in [4.78, 5) is 7.64. The third-order valence-electron chi connectivity index (χ3n) is 3.13. The fraction of sp³-hybridized carbons (Fsp3) is 0.333. The third kappa shape index (κ3) is 4.24. The Morgan fingerprint density at radius 1 is 1.26 bits per heavy atom. The average Bonchev–Trinajstić information content (AvgIpc) is 2.54. The third-order valence-corrected chi connectivity index (χ3v) is 3.13. The summed E-state index contributed by atoms with van der Waals surface area (Å²) in [7, 11) is 1.46. The highest BCUT2D eigenvalue weighted by Gasteiger charge is 2.13. The molecule has 1 aromatic heterocycles. The lowest BCUT2D eigenvalue weighted by molar-refractivity contribution is -0.0504. The van der Waals surface area contributed by atoms with Crippen LogP contribution in [0.15, 0.2) is 24.5 Å². The molecule has 0 saturated heterocycles. The number of anilines is 1. The van der Waals surface area contributed by atoms with Crippen LogP contribution in [0.2, 0.25) is 0 Å². The van der Waals surface area contributed by atoms with Crippen molar-refractivity contribution in [2.75, 3.05) is 12.4 Å². The fourth-order valence-corrected chi connectivity index (χ4v) is 1.99. The second-order valence-corrected chi connectivity index (χ2v) is 4.54. The van der Waals surface area contributed by atoms with E-state index in [2.05, 4.69) is 20.0 Å². The number of hydrogen-bond acceptors (Lipinski definition) is 5. The first-order valence-electron chi connectivity index (χ1n) is 6.90. The number of aromatic nitrogens is 2. The molecule has 5 nitrogen and oxygen atoms in total. The molecule has 8 heteroatoms. The predicted molar refractivity (Wildman–Crippen MR) is 78.3 cm³/mol. The zero-order valence-corrected chi connectivity index (χ0v) is 12.6. The number of ether oxygens (including phenoxy) is 2. The van der Waals surface area contributed by atoms with Gasteiger partial charge in [-0.25, -0.2) is 14.4 Å². The van der Waals surface area contributed by atoms with Crippen molar-refractivity contribution in [2.24, 2.45) is 0 Å². The Hall–Kier alpha value is -2.51. The van der Waals surface area contributed by atoms with E-state index >= 15 is 0 Å². The fourth-order valence-electron chi connectivity index (χ4n) is 1.99. The van der Waals surface area contributed by atoms with Gasteiger partial charge in [0.1, 0.15) is 17.8 Å². The first-order valence-corrected chi connectivity index (χ1v) is 6.90. The van der Waals surface area contributed by atoms with Crippen molar-refractivity contribution in [3.05, 3.63) is 41.6 Å². The molecule has 0 aliphatic carbocycles. The molecule has 2 rings (SSSR count). The summed E-state index contributed by atoms with van der Waals surface area (Å²) in [5, 5.41) is 2.76. The monoisotopic (exact) mass is 327 g/mol. The molecule has 23 heavy (non-hydrogen) atoms. The summed E-state index contributed by atoms with van der Waals surface area (Å²) in [6.45, 7) is -1.15. The summed E-state index contributed by atoms with van der Waals surface area (Å²) in [5.41, 5.74) is 0.665. The Labute approximate surface area is 131 Å². The number of nitrogens with zero attached hydrogens (tertiary/aromatic N) is 2. The predicted octanol–water partition coefficient (Wildman–Crippen LogP) is 3.40. The molecule has 0 aliphatic rings. The van der Waals surface area contributed by atoms with Crippen LogP contribution in [-0.2, 0) is 13.0 Å². The van der Waals surface area contributed by atoms with Crippen molar-refractivity contribution in [1.82, 2.24) is 9.97 Å². The topological polar surface area (TPSA) is 56.3 Å². The smallest absolute Gasteiger partial charge is 0.387 e. The zero-order valence-electron chi connectivity index (χ0n) is 12.6. The van der Waals surface area contributed by atoms with Gasteiger partial charge in [0.2, 0.25) is 0 Å². The van der Waals surface area contributed by atoms with Crippen LogP contribution in [0.4, 0.5) is 19.0 Å². The molecule has 0 spiro atoms. The van der Waals surface area contributed by atoms with Crippen LogP contribution in [0, 0.1) is 5.82 Å². The van der Waals surface area contributed by atoms with Gasteiger partial charge in [-0.2, -0.15) is 8.78 Å². The molecule has 1 aromatic carbocycles. The maximum Gasteiger partial charge on any atom is 0.387 e. The van der Waals surface area contributed by atoms with Gasteiger partial charge in [0.15, 0.2) is 11.6 Å². The van der Waals surface area contributed by atoms with E-state index in [0.29, 0.717) is 17.7 Å². The highest BCUT2D eigenvalue weighted by Crippen LogP contribution is 2.26. The van der Waals surface area contributed by atoms with E-state index < -0.39 is 12.4 Å². The van der Waals surface area contributed by atoms with Gasteiger partial charge in [-0.3, -0.25) is 0 Å². The van der Waals surface area contributed by atoms with Crippen molar-refractivity contribution < 1.29 is 22.6 Å². The van der Waals surface area contributed by atoms with Crippen molar-refractivity contribution >= 4 is 5.82 Å². The summed E-state index contributed by atoms with van der Waals surface area (Å²) in [6.07, 6.45) is 1.66. The van der Waals surface area contributed by atoms with E-state index in [-0.39, 0.29) is 23.8 Å². The molecule has 0 unspecified atom stereocenters. The van der Waals surface area contributed by atoms with Crippen LogP contribution in [0.3, 0.4) is 0 Å². The van der Waals surface area contributed by atoms with Crippen molar-refractivity contribution in [1.29, 1.82) is 0 Å². The molecular weight excluding hydrogens is 311 g/mol. The highest BCUT2D eigenvalue weighted by atomic mass is 19.3. The lowest BCUT2D eigenvalue weighted by Gasteiger charge is -2.14. The molecule has 2 aromatic rings. The largest absolute Gasteiger partial charge is 0.497 e. The molecule has 124 valence electrons. The van der Waals surface area contributed by atoms with Gasteiger partial charge in [0.05, 0.1) is 12.8 Å². The van der Waals surface area contributed by atoms with Gasteiger partial charge in [0.25, 0.3) is 0 Å². The van der Waals surface area contributed by atoms with Crippen molar-refractivity contribution in [3.63, 3.8) is 0 Å². The van der Waals surface area contributed by atoms with E-state index in [1.807, 2.05) is 0 Å². The molecule has 0 bridgehead atoms. The second kappa shape index (κ2) is 7.66. The molecule has 0 atom stereocenters. The molecular formula is C15H16F3N3O2. The Balaban J connectivity index is 2.22. The molecule has 0 amide bonds. The van der Waals surface area contributed by atoms with Crippen molar-refractivity contribution in [3.8, 4) is 11.5 Å². The Bertz CT molecular complexity index is 668. The molecule has 0 radical (unpaired) electrons. The number of hydrogen-bond donors (Lipinski definition) is 1. The minimum atomic E-state index is -2.95. The van der Waals surface area contributed by atoms with Crippen LogP contribution in [-0.4, -0.2) is 23.7 Å². The zero-order chi connectivity index (χ0) is 16.8. The Morgan fingerprint density at radius 2 is 2.04 bits per heavy atom. The standard InChI is InChI=1S/C15H16F3N3O2/c1-3-11-13(16)14(21-8-20-11)19-7-9-6-10(22-2)4-5-12(9)23-15(17)18/h4-6,8,15H,3,7H2,1-2H3,(H,19,20,21). The van der Waals surface area contributed by atoms with Gasteiger partial charge < -0.3 is 14.8 Å². The SMILES string of the molecule is CCc1ncnc(NCc2cc(OC)ccc2OC(F)F)c1F. The van der Waals surface area contributed by atoms with E-state index in [9.17, 15) is 13.2 Å². The lowest BCUT2D eigenvalue weighted by Crippen LogP contribution is -2.10. The maximum absolute atomic E-state index is 14.1. The van der Waals surface area contributed by atoms with Gasteiger partial charge in [0, 0.05) is 12.1 Å². The van der Waals surface area contributed by atoms with Gasteiger partial charge >= 0.3 is 6.61 Å². The first kappa shape index (κ1) is 16.9. The minimum Gasteiger partial charge on any atom is -0.497 e. The van der Waals surface area contributed by atoms with Crippen LogP contribution >= 0.6 is 0 Å². The Morgan fingerprint density at radius 3 is 2.70 bits per heavy atom. The van der Waals surface area contributed by atoms with Crippen LogP contribution < -0.4 is 14.8 Å². The number of nitrogens with one attached hydrogen (secondary N) is 1. The number of methoxy groups -OCH3 is 1. The number of aryl methyl sites for hydroxylation is 1. The van der Waals surface area contributed by atoms with Crippen molar-refractivity contribution in [2.45, 2.75) is 26.5 Å². The van der Waals surface area contributed by atoms with Gasteiger partial charge in [-0.05, 0) is 24.6 Å². The molecule has 1 N–H and O–H groups in total. The van der Waals surface area contributed by atoms with Crippen LogP contribution in [0.5, 0.6) is 11.5 Å². The molecule has 0 saturated carbocycles. The lowest BCUT2D eigenvalue weighted by atomic mass is 10.2. The summed E-state index contributed by atoms with van der Waals surface area (Å²) < 4.78 is 48.5. The summed E-state index contributed by atoms with van der Waals surface area (Å²) in [5.74, 6) is -0.101. The van der Waals surface area contributed by atoms with E-state index in [1.54, 1.807) is 6.92 Å². The maximum atomic E-state index is 14.1. The average molecular weight is 327 g/mol. The van der Waals surface area contributed by atoms with Gasteiger partial charge in [-0.15, -0.1) is 0 Å². The minimum absolute atomic E-state index is 0.00247. The quantitative estimate of drug-likeness (QED) is 0.845. The second-order valence-electron chi connectivity index (χ2n) is 4.54. The molecule has 0 fully saturated rings. The van der Waals surface area contributed by atoms with Gasteiger partial charge in [-0.1, -0.05) is 6.92 Å². The van der Waals surface area contributed by atoms with E-state index in [0.717, 1.165) is 0 Å². The number of halogens is 3. The number of benzene rings is 1. The van der Waals surface area contributed by atoms with Crippen LogP contribution in [0.1, 0.15) is 18.2 Å². The molecule has 0 aliphatic heterocycles. The highest BCUT2D eigenvalue weighted by molar-refractivity contribution is 5.44. The van der Waals surface area contributed by atoms with E-state index in [4.69, 9.17) is 4.74 Å². The summed E-state index contributed by atoms with van der Waals surface area (Å²) in [6, 6.07) is 4.40.